The van der Waals surface area contributed by atoms with E-state index in [9.17, 15) is 0 Å². The highest BCUT2D eigenvalue weighted by atomic mass is 32.2. The first-order chi connectivity index (χ1) is 8.70. The van der Waals surface area contributed by atoms with Gasteiger partial charge >= 0.3 is 0 Å². The number of hydrogen-bond donors (Lipinski definition) is 1. The molecule has 0 saturated carbocycles. The Bertz CT molecular complexity index is 204. The minimum absolute atomic E-state index is 1.00. The summed E-state index contributed by atoms with van der Waals surface area (Å²) >= 11 is 3.82. The molecule has 2 aliphatic rings. The van der Waals surface area contributed by atoms with Crippen LogP contribution < -0.4 is 5.32 Å². The third kappa shape index (κ3) is 12.7. The van der Waals surface area contributed by atoms with Gasteiger partial charge in [-0.15, -0.1) is 0 Å². The summed E-state index contributed by atoms with van der Waals surface area (Å²) < 4.78 is 1.90. The van der Waals surface area contributed by atoms with E-state index in [1.165, 1.54) is 31.0 Å². The van der Waals surface area contributed by atoms with Crippen LogP contribution in [0.2, 0.25) is 0 Å². The zero-order chi connectivity index (χ0) is 13.6. The van der Waals surface area contributed by atoms with E-state index in [2.05, 4.69) is 41.1 Å². The Kier molecular flexibility index (Phi) is 13.8. The average Bonchev–Trinajstić information content (AvgIpc) is 2.84. The SMILES string of the molecule is CCCNC.CN1CCSCC1.C[N+]1=NCCS1. The fraction of sp³-hybridized carbons (Fsp3) is 1.00. The molecule has 0 unspecified atom stereocenters. The fourth-order valence-electron chi connectivity index (χ4n) is 1.30. The fourth-order valence-corrected chi connectivity index (χ4v) is 2.98. The van der Waals surface area contributed by atoms with Crippen molar-refractivity contribution >= 4 is 23.7 Å². The van der Waals surface area contributed by atoms with Crippen LogP contribution in [-0.2, 0) is 0 Å². The molecule has 0 amide bonds. The van der Waals surface area contributed by atoms with Crippen molar-refractivity contribution in [2.24, 2.45) is 5.11 Å². The van der Waals surface area contributed by atoms with Crippen LogP contribution in [0.4, 0.5) is 0 Å². The highest BCUT2D eigenvalue weighted by Crippen LogP contribution is 2.06. The van der Waals surface area contributed by atoms with Gasteiger partial charge in [-0.3, -0.25) is 0 Å². The lowest BCUT2D eigenvalue weighted by Gasteiger charge is -2.20. The van der Waals surface area contributed by atoms with Gasteiger partial charge in [-0.05, 0) is 32.2 Å². The van der Waals surface area contributed by atoms with Crippen molar-refractivity contribution in [3.8, 4) is 0 Å². The second-order valence-electron chi connectivity index (χ2n) is 4.18. The molecule has 108 valence electrons. The van der Waals surface area contributed by atoms with E-state index < -0.39 is 0 Å². The zero-order valence-electron chi connectivity index (χ0n) is 12.3. The van der Waals surface area contributed by atoms with Crippen LogP contribution in [0.25, 0.3) is 0 Å². The summed E-state index contributed by atoms with van der Waals surface area (Å²) in [6.45, 7) is 6.85. The standard InChI is InChI=1S/C5H11NS.C4H11N.C3H7N2S/c1-6-2-4-7-5-3-6;1-3-4-5-2;1-5-4-2-3-6-5/h2-5H2,1H3;5H,3-4H2,1-2H3;2-3H2,1H3/q;;+1. The normalized spacial score (nSPS) is 19.2. The van der Waals surface area contributed by atoms with Crippen molar-refractivity contribution in [1.82, 2.24) is 10.2 Å². The number of nitrogens with one attached hydrogen (secondary N) is 1. The monoisotopic (exact) mass is 293 g/mol. The Morgan fingerprint density at radius 2 is 1.94 bits per heavy atom. The molecule has 0 aromatic rings. The third-order valence-corrected chi connectivity index (χ3v) is 4.20. The molecule has 0 spiro atoms. The maximum Gasteiger partial charge on any atom is 0.188 e. The molecule has 1 saturated heterocycles. The van der Waals surface area contributed by atoms with Crippen molar-refractivity contribution in [3.05, 3.63) is 0 Å². The van der Waals surface area contributed by atoms with Gasteiger partial charge in [-0.25, -0.2) is 0 Å². The van der Waals surface area contributed by atoms with E-state index in [0.717, 1.165) is 18.8 Å². The van der Waals surface area contributed by atoms with Crippen molar-refractivity contribution in [2.45, 2.75) is 13.3 Å². The highest BCUT2D eigenvalue weighted by Gasteiger charge is 2.07. The number of nitrogens with zero attached hydrogens (tertiary/aromatic N) is 3. The molecule has 4 nitrogen and oxygen atoms in total. The number of azo groups is 1. The van der Waals surface area contributed by atoms with Crippen molar-refractivity contribution < 1.29 is 4.10 Å². The Labute approximate surface area is 121 Å². The van der Waals surface area contributed by atoms with Gasteiger partial charge in [0.2, 0.25) is 0 Å². The lowest BCUT2D eigenvalue weighted by Crippen LogP contribution is -2.28. The van der Waals surface area contributed by atoms with Gasteiger partial charge in [0.15, 0.2) is 19.0 Å². The molecule has 1 N–H and O–H groups in total. The summed E-state index contributed by atoms with van der Waals surface area (Å²) in [5.74, 6) is 3.82. The second-order valence-corrected chi connectivity index (χ2v) is 6.60. The predicted octanol–water partition coefficient (Wildman–Crippen LogP) is 2.02. The Morgan fingerprint density at radius 3 is 2.11 bits per heavy atom. The molecular weight excluding hydrogens is 264 g/mol. The van der Waals surface area contributed by atoms with E-state index >= 15 is 0 Å². The minimum Gasteiger partial charge on any atom is -0.320 e. The molecule has 2 rings (SSSR count). The lowest BCUT2D eigenvalue weighted by molar-refractivity contribution is -0.384. The van der Waals surface area contributed by atoms with E-state index in [1.807, 2.05) is 18.2 Å². The zero-order valence-corrected chi connectivity index (χ0v) is 13.9. The summed E-state index contributed by atoms with van der Waals surface area (Å²) in [5, 5.41) is 7.05. The maximum absolute atomic E-state index is 4.03. The summed E-state index contributed by atoms with van der Waals surface area (Å²) in [7, 11) is 6.11. The highest BCUT2D eigenvalue weighted by molar-refractivity contribution is 7.99. The molecule has 0 aromatic carbocycles. The van der Waals surface area contributed by atoms with Crippen LogP contribution in [0.1, 0.15) is 13.3 Å². The summed E-state index contributed by atoms with van der Waals surface area (Å²) in [6.07, 6.45) is 1.23. The van der Waals surface area contributed by atoms with Crippen LogP contribution in [0, 0.1) is 0 Å². The Morgan fingerprint density at radius 1 is 1.28 bits per heavy atom. The largest absolute Gasteiger partial charge is 0.320 e. The molecule has 0 atom stereocenters. The van der Waals surface area contributed by atoms with Crippen LogP contribution in [0.5, 0.6) is 0 Å². The molecule has 0 aromatic heterocycles. The van der Waals surface area contributed by atoms with Gasteiger partial charge in [0.1, 0.15) is 6.54 Å². The van der Waals surface area contributed by atoms with Crippen LogP contribution in [0.3, 0.4) is 0 Å². The van der Waals surface area contributed by atoms with E-state index in [-0.39, 0.29) is 0 Å². The molecule has 0 aliphatic carbocycles. The molecule has 2 heterocycles. The quantitative estimate of drug-likeness (QED) is 0.623. The summed E-state index contributed by atoms with van der Waals surface area (Å²) in [5.41, 5.74) is 0. The summed E-state index contributed by atoms with van der Waals surface area (Å²) in [6, 6.07) is 0. The number of thioether (sulfide) groups is 1. The first-order valence-electron chi connectivity index (χ1n) is 6.65. The molecule has 2 aliphatic heterocycles. The van der Waals surface area contributed by atoms with Gasteiger partial charge in [0.05, 0.1) is 5.75 Å². The first kappa shape index (κ1) is 18.2. The topological polar surface area (TPSA) is 30.6 Å². The molecule has 0 radical (unpaired) electrons. The van der Waals surface area contributed by atoms with Crippen molar-refractivity contribution in [1.29, 1.82) is 0 Å². The molecule has 6 heteroatoms. The predicted molar refractivity (Wildman–Crippen MR) is 85.0 cm³/mol. The van der Waals surface area contributed by atoms with Gasteiger partial charge < -0.3 is 10.2 Å². The molecular formula is C12H29N4S2+. The Balaban J connectivity index is 0.000000245. The van der Waals surface area contributed by atoms with Gasteiger partial charge in [0.25, 0.3) is 0 Å². The molecule has 18 heavy (non-hydrogen) atoms. The van der Waals surface area contributed by atoms with Crippen molar-refractivity contribution in [3.63, 3.8) is 0 Å². The van der Waals surface area contributed by atoms with Gasteiger partial charge in [0, 0.05) is 24.6 Å². The second kappa shape index (κ2) is 13.6. The van der Waals surface area contributed by atoms with E-state index in [0.29, 0.717) is 0 Å². The van der Waals surface area contributed by atoms with Crippen LogP contribution in [0.15, 0.2) is 5.11 Å². The summed E-state index contributed by atoms with van der Waals surface area (Å²) in [4.78, 5) is 2.37. The lowest BCUT2D eigenvalue weighted by atomic mass is 10.5. The third-order valence-electron chi connectivity index (χ3n) is 2.40. The van der Waals surface area contributed by atoms with Crippen LogP contribution in [-0.4, -0.2) is 73.6 Å². The van der Waals surface area contributed by atoms with E-state index in [1.54, 1.807) is 11.9 Å². The van der Waals surface area contributed by atoms with Crippen LogP contribution >= 0.6 is 23.7 Å². The first-order valence-corrected chi connectivity index (χ1v) is 8.75. The smallest absolute Gasteiger partial charge is 0.188 e. The average molecular weight is 294 g/mol. The number of hydrogen-bond acceptors (Lipinski definition) is 5. The van der Waals surface area contributed by atoms with Gasteiger partial charge in [-0.2, -0.15) is 11.8 Å². The van der Waals surface area contributed by atoms with E-state index in [4.69, 9.17) is 0 Å². The molecule has 0 bridgehead atoms. The minimum atomic E-state index is 1.00. The Hall–Kier alpha value is 0.220. The number of rotatable bonds is 2. The van der Waals surface area contributed by atoms with Crippen molar-refractivity contribution in [2.75, 3.05) is 64.6 Å². The molecule has 1 fully saturated rings. The van der Waals surface area contributed by atoms with Gasteiger partial charge in [-0.1, -0.05) is 11.0 Å². The maximum atomic E-state index is 4.03.